The minimum absolute atomic E-state index is 0.156. The Balaban J connectivity index is 1.75. The number of rotatable bonds is 7. The van der Waals surface area contributed by atoms with Gasteiger partial charge in [-0.25, -0.2) is 17.5 Å². The molecule has 1 heterocycles. The second-order valence-electron chi connectivity index (χ2n) is 5.98. The average molecular weight is 328 g/mol. The van der Waals surface area contributed by atoms with Crippen LogP contribution in [0.15, 0.2) is 24.3 Å². The van der Waals surface area contributed by atoms with Crippen LogP contribution in [0.25, 0.3) is 0 Å². The fourth-order valence-electron chi connectivity index (χ4n) is 2.80. The summed E-state index contributed by atoms with van der Waals surface area (Å²) in [6.45, 7) is 4.78. The summed E-state index contributed by atoms with van der Waals surface area (Å²) in [6.07, 6.45) is 2.53. The number of benzene rings is 1. The predicted octanol–water partition coefficient (Wildman–Crippen LogP) is 2.37. The molecule has 1 saturated heterocycles. The van der Waals surface area contributed by atoms with E-state index in [0.29, 0.717) is 25.4 Å². The van der Waals surface area contributed by atoms with Gasteiger partial charge in [0.05, 0.1) is 5.75 Å². The molecule has 0 bridgehead atoms. The van der Waals surface area contributed by atoms with Crippen LogP contribution in [0.4, 0.5) is 4.39 Å². The van der Waals surface area contributed by atoms with Gasteiger partial charge in [0.15, 0.2) is 0 Å². The summed E-state index contributed by atoms with van der Waals surface area (Å²) in [5, 5.41) is 0. The zero-order chi connectivity index (χ0) is 16.0. The SMILES string of the molecule is CCCS(=O)(=O)NCC1CCN(Cc2ccccc2F)CC1. The van der Waals surface area contributed by atoms with Crippen LogP contribution >= 0.6 is 0 Å². The van der Waals surface area contributed by atoms with E-state index in [-0.39, 0.29) is 11.6 Å². The predicted molar refractivity (Wildman–Crippen MR) is 86.5 cm³/mol. The van der Waals surface area contributed by atoms with Gasteiger partial charge in [0, 0.05) is 18.7 Å². The Bertz CT molecular complexity index is 569. The van der Waals surface area contributed by atoms with Gasteiger partial charge in [-0.05, 0) is 44.3 Å². The summed E-state index contributed by atoms with van der Waals surface area (Å²) >= 11 is 0. The van der Waals surface area contributed by atoms with Crippen molar-refractivity contribution in [3.05, 3.63) is 35.6 Å². The van der Waals surface area contributed by atoms with E-state index in [1.807, 2.05) is 19.1 Å². The molecule has 0 aromatic heterocycles. The van der Waals surface area contributed by atoms with Gasteiger partial charge >= 0.3 is 0 Å². The molecule has 0 radical (unpaired) electrons. The topological polar surface area (TPSA) is 49.4 Å². The number of nitrogens with one attached hydrogen (secondary N) is 1. The first kappa shape index (κ1) is 17.4. The molecule has 6 heteroatoms. The minimum Gasteiger partial charge on any atom is -0.299 e. The summed E-state index contributed by atoms with van der Waals surface area (Å²) in [5.41, 5.74) is 0.726. The lowest BCUT2D eigenvalue weighted by molar-refractivity contribution is 0.177. The Kier molecular flexibility index (Phi) is 6.35. The Morgan fingerprint density at radius 1 is 1.27 bits per heavy atom. The monoisotopic (exact) mass is 328 g/mol. The summed E-state index contributed by atoms with van der Waals surface area (Å²) < 4.78 is 39.6. The highest BCUT2D eigenvalue weighted by Crippen LogP contribution is 2.19. The molecule has 1 aromatic rings. The summed E-state index contributed by atoms with van der Waals surface area (Å²) in [4.78, 5) is 2.23. The van der Waals surface area contributed by atoms with Crippen molar-refractivity contribution in [1.82, 2.24) is 9.62 Å². The van der Waals surface area contributed by atoms with E-state index in [4.69, 9.17) is 0 Å². The largest absolute Gasteiger partial charge is 0.299 e. The number of nitrogens with zero attached hydrogens (tertiary/aromatic N) is 1. The van der Waals surface area contributed by atoms with Crippen molar-refractivity contribution in [2.45, 2.75) is 32.7 Å². The smallest absolute Gasteiger partial charge is 0.211 e. The molecule has 0 aliphatic carbocycles. The minimum atomic E-state index is -3.11. The molecule has 0 spiro atoms. The molecule has 1 N–H and O–H groups in total. The van der Waals surface area contributed by atoms with Gasteiger partial charge in [0.2, 0.25) is 10.0 Å². The molecule has 1 aromatic carbocycles. The normalized spacial score (nSPS) is 17.7. The summed E-state index contributed by atoms with van der Waals surface area (Å²) in [6, 6.07) is 6.87. The van der Waals surface area contributed by atoms with Gasteiger partial charge in [-0.15, -0.1) is 0 Å². The van der Waals surface area contributed by atoms with Gasteiger partial charge in [0.1, 0.15) is 5.82 Å². The molecule has 124 valence electrons. The Labute approximate surface area is 132 Å². The number of hydrogen-bond acceptors (Lipinski definition) is 3. The highest BCUT2D eigenvalue weighted by Gasteiger charge is 2.21. The van der Waals surface area contributed by atoms with Crippen molar-refractivity contribution in [2.75, 3.05) is 25.4 Å². The van der Waals surface area contributed by atoms with E-state index < -0.39 is 10.0 Å². The first-order valence-electron chi connectivity index (χ1n) is 7.93. The fraction of sp³-hybridized carbons (Fsp3) is 0.625. The van der Waals surface area contributed by atoms with Crippen LogP contribution in [0.2, 0.25) is 0 Å². The Morgan fingerprint density at radius 2 is 1.95 bits per heavy atom. The van der Waals surface area contributed by atoms with E-state index in [9.17, 15) is 12.8 Å². The number of hydrogen-bond donors (Lipinski definition) is 1. The standard InChI is InChI=1S/C16H25FN2O2S/c1-2-11-22(20,21)18-12-14-7-9-19(10-8-14)13-15-5-3-4-6-16(15)17/h3-6,14,18H,2,7-13H2,1H3. The molecule has 22 heavy (non-hydrogen) atoms. The molecule has 0 saturated carbocycles. The van der Waals surface area contributed by atoms with Crippen molar-refractivity contribution in [3.8, 4) is 0 Å². The first-order valence-corrected chi connectivity index (χ1v) is 9.58. The quantitative estimate of drug-likeness (QED) is 0.836. The van der Waals surface area contributed by atoms with Crippen LogP contribution in [-0.4, -0.2) is 38.7 Å². The van der Waals surface area contributed by atoms with Gasteiger partial charge in [-0.3, -0.25) is 4.90 Å². The molecular formula is C16H25FN2O2S. The van der Waals surface area contributed by atoms with Gasteiger partial charge in [-0.1, -0.05) is 25.1 Å². The third-order valence-electron chi connectivity index (χ3n) is 4.12. The van der Waals surface area contributed by atoms with E-state index in [0.717, 1.165) is 31.5 Å². The number of piperidine rings is 1. The molecule has 4 nitrogen and oxygen atoms in total. The number of sulfonamides is 1. The van der Waals surface area contributed by atoms with Gasteiger partial charge in [-0.2, -0.15) is 0 Å². The summed E-state index contributed by atoms with van der Waals surface area (Å²) in [5.74, 6) is 0.416. The zero-order valence-corrected chi connectivity index (χ0v) is 13.9. The van der Waals surface area contributed by atoms with E-state index in [2.05, 4.69) is 9.62 Å². The molecule has 2 rings (SSSR count). The highest BCUT2D eigenvalue weighted by molar-refractivity contribution is 7.89. The number of halogens is 1. The molecule has 0 amide bonds. The van der Waals surface area contributed by atoms with Crippen LogP contribution in [0.1, 0.15) is 31.7 Å². The van der Waals surface area contributed by atoms with E-state index >= 15 is 0 Å². The van der Waals surface area contributed by atoms with Gasteiger partial charge < -0.3 is 0 Å². The second-order valence-corrected chi connectivity index (χ2v) is 7.90. The van der Waals surface area contributed by atoms with Crippen molar-refractivity contribution in [1.29, 1.82) is 0 Å². The highest BCUT2D eigenvalue weighted by atomic mass is 32.2. The average Bonchev–Trinajstić information content (AvgIpc) is 2.49. The Hall–Kier alpha value is -0.980. The Morgan fingerprint density at radius 3 is 2.59 bits per heavy atom. The second kappa shape index (κ2) is 8.04. The number of likely N-dealkylation sites (tertiary alicyclic amines) is 1. The van der Waals surface area contributed by atoms with Crippen molar-refractivity contribution in [2.24, 2.45) is 5.92 Å². The van der Waals surface area contributed by atoms with Crippen LogP contribution < -0.4 is 4.72 Å². The van der Waals surface area contributed by atoms with Crippen molar-refractivity contribution < 1.29 is 12.8 Å². The molecular weight excluding hydrogens is 303 g/mol. The van der Waals surface area contributed by atoms with Crippen LogP contribution in [0.5, 0.6) is 0 Å². The lowest BCUT2D eigenvalue weighted by Gasteiger charge is -2.32. The van der Waals surface area contributed by atoms with E-state index in [1.54, 1.807) is 6.07 Å². The van der Waals surface area contributed by atoms with Crippen molar-refractivity contribution in [3.63, 3.8) is 0 Å². The maximum atomic E-state index is 13.6. The molecule has 1 aliphatic rings. The maximum Gasteiger partial charge on any atom is 0.211 e. The molecule has 0 atom stereocenters. The van der Waals surface area contributed by atoms with Crippen LogP contribution in [0.3, 0.4) is 0 Å². The third kappa shape index (κ3) is 5.34. The maximum absolute atomic E-state index is 13.6. The zero-order valence-electron chi connectivity index (χ0n) is 13.1. The summed E-state index contributed by atoms with van der Waals surface area (Å²) in [7, 11) is -3.11. The molecule has 1 fully saturated rings. The lowest BCUT2D eigenvalue weighted by atomic mass is 9.97. The van der Waals surface area contributed by atoms with Gasteiger partial charge in [0.25, 0.3) is 0 Å². The van der Waals surface area contributed by atoms with Crippen LogP contribution in [0, 0.1) is 11.7 Å². The lowest BCUT2D eigenvalue weighted by Crippen LogP contribution is -2.38. The molecule has 0 unspecified atom stereocenters. The first-order chi connectivity index (χ1) is 10.5. The fourth-order valence-corrected chi connectivity index (χ4v) is 3.97. The third-order valence-corrected chi connectivity index (χ3v) is 5.68. The van der Waals surface area contributed by atoms with E-state index in [1.165, 1.54) is 6.07 Å². The molecule has 1 aliphatic heterocycles. The van der Waals surface area contributed by atoms with Crippen molar-refractivity contribution >= 4 is 10.0 Å². The van der Waals surface area contributed by atoms with Crippen LogP contribution in [-0.2, 0) is 16.6 Å².